The highest BCUT2D eigenvalue weighted by Gasteiger charge is 2.48. The fourth-order valence-corrected chi connectivity index (χ4v) is 1.31. The number of carbonyl (C=O) groups excluding carboxylic acids is 1. The number of anilines is 1. The molecule has 7 heteroatoms. The first-order valence-electron chi connectivity index (χ1n) is 5.45. The minimum absolute atomic E-state index is 0.227. The number of alkyl halides is 4. The summed E-state index contributed by atoms with van der Waals surface area (Å²) in [6.07, 6.45) is -4.01. The lowest BCUT2D eigenvalue weighted by Gasteiger charge is -2.15. The molecule has 0 unspecified atom stereocenters. The zero-order chi connectivity index (χ0) is 14.6. The first-order valence-corrected chi connectivity index (χ1v) is 5.45. The largest absolute Gasteiger partial charge is 0.383 e. The van der Waals surface area contributed by atoms with Crippen molar-refractivity contribution in [2.24, 2.45) is 0 Å². The molecule has 0 aliphatic carbocycles. The van der Waals surface area contributed by atoms with Crippen LogP contribution in [0.3, 0.4) is 0 Å². The van der Waals surface area contributed by atoms with Crippen LogP contribution in [0.4, 0.5) is 23.2 Å². The summed E-state index contributed by atoms with van der Waals surface area (Å²) in [5, 5.41) is 1.79. The highest BCUT2D eigenvalue weighted by atomic mass is 19.3. The zero-order valence-corrected chi connectivity index (χ0v) is 10.5. The molecule has 1 aromatic carbocycles. The highest BCUT2D eigenvalue weighted by molar-refractivity contribution is 5.83. The summed E-state index contributed by atoms with van der Waals surface area (Å²) < 4.78 is 49.1. The molecule has 0 saturated carbocycles. The Bertz CT molecular complexity index is 432. The third kappa shape index (κ3) is 3.84. The van der Waals surface area contributed by atoms with Gasteiger partial charge in [-0.25, -0.2) is 8.78 Å². The van der Waals surface area contributed by atoms with Gasteiger partial charge in [0.2, 0.25) is 0 Å². The van der Waals surface area contributed by atoms with Gasteiger partial charge < -0.3 is 10.2 Å². The lowest BCUT2D eigenvalue weighted by atomic mass is 10.2. The molecule has 3 nitrogen and oxygen atoms in total. The molecular formula is C12H14F4N2O. The number of hydrogen-bond donors (Lipinski definition) is 1. The smallest absolute Gasteiger partial charge is 0.378 e. The number of rotatable bonds is 5. The van der Waals surface area contributed by atoms with E-state index in [4.69, 9.17) is 0 Å². The monoisotopic (exact) mass is 278 g/mol. The topological polar surface area (TPSA) is 32.3 Å². The molecular weight excluding hydrogens is 264 g/mol. The normalized spacial score (nSPS) is 11.5. The third-order valence-corrected chi connectivity index (χ3v) is 2.48. The average molecular weight is 278 g/mol. The SMILES string of the molecule is CN(C)c1ccc(CNC(=O)C(F)(F)C(F)F)cc1. The Morgan fingerprint density at radius 1 is 1.26 bits per heavy atom. The van der Waals surface area contributed by atoms with E-state index in [1.807, 2.05) is 19.0 Å². The Morgan fingerprint density at radius 3 is 2.21 bits per heavy atom. The molecule has 1 rings (SSSR count). The van der Waals surface area contributed by atoms with Crippen molar-refractivity contribution in [3.8, 4) is 0 Å². The molecule has 0 aliphatic heterocycles. The van der Waals surface area contributed by atoms with Crippen molar-refractivity contribution in [2.75, 3.05) is 19.0 Å². The molecule has 19 heavy (non-hydrogen) atoms. The Hall–Kier alpha value is -1.79. The summed E-state index contributed by atoms with van der Waals surface area (Å²) in [4.78, 5) is 12.7. The maximum atomic E-state index is 12.6. The maximum absolute atomic E-state index is 12.6. The van der Waals surface area contributed by atoms with Gasteiger partial charge >= 0.3 is 12.3 Å². The number of nitrogens with zero attached hydrogens (tertiary/aromatic N) is 1. The predicted molar refractivity (Wildman–Crippen MR) is 63.6 cm³/mol. The third-order valence-electron chi connectivity index (χ3n) is 2.48. The Balaban J connectivity index is 2.60. The van der Waals surface area contributed by atoms with Crippen LogP contribution in [-0.2, 0) is 11.3 Å². The van der Waals surface area contributed by atoms with Crippen LogP contribution in [0.25, 0.3) is 0 Å². The van der Waals surface area contributed by atoms with Crippen LogP contribution in [-0.4, -0.2) is 32.4 Å². The summed E-state index contributed by atoms with van der Waals surface area (Å²) in [6, 6.07) is 6.70. The average Bonchev–Trinajstić information content (AvgIpc) is 2.36. The molecule has 0 radical (unpaired) electrons. The van der Waals surface area contributed by atoms with Crippen molar-refractivity contribution in [2.45, 2.75) is 18.9 Å². The van der Waals surface area contributed by atoms with Crippen molar-refractivity contribution in [3.63, 3.8) is 0 Å². The quantitative estimate of drug-likeness (QED) is 0.838. The molecule has 1 N–H and O–H groups in total. The van der Waals surface area contributed by atoms with Gasteiger partial charge in [-0.15, -0.1) is 0 Å². The standard InChI is InChI=1S/C12H14F4N2O/c1-18(2)9-5-3-8(4-6-9)7-17-11(19)12(15,16)10(13)14/h3-6,10H,7H2,1-2H3,(H,17,19). The van der Waals surface area contributed by atoms with E-state index < -0.39 is 18.3 Å². The van der Waals surface area contributed by atoms with Crippen molar-refractivity contribution in [3.05, 3.63) is 29.8 Å². The van der Waals surface area contributed by atoms with E-state index in [0.29, 0.717) is 5.56 Å². The lowest BCUT2D eigenvalue weighted by molar-refractivity contribution is -0.169. The molecule has 0 aromatic heterocycles. The molecule has 106 valence electrons. The van der Waals surface area contributed by atoms with Crippen LogP contribution in [0.2, 0.25) is 0 Å². The summed E-state index contributed by atoms with van der Waals surface area (Å²) >= 11 is 0. The fraction of sp³-hybridized carbons (Fsp3) is 0.417. The molecule has 0 fully saturated rings. The van der Waals surface area contributed by atoms with Crippen LogP contribution >= 0.6 is 0 Å². The van der Waals surface area contributed by atoms with E-state index in [9.17, 15) is 22.4 Å². The second kappa shape index (κ2) is 5.90. The molecule has 0 spiro atoms. The second-order valence-electron chi connectivity index (χ2n) is 4.17. The van der Waals surface area contributed by atoms with Gasteiger partial charge in [0, 0.05) is 26.3 Å². The number of carbonyl (C=O) groups is 1. The van der Waals surface area contributed by atoms with Gasteiger partial charge in [-0.1, -0.05) is 12.1 Å². The fourth-order valence-electron chi connectivity index (χ4n) is 1.31. The molecule has 1 amide bonds. The Morgan fingerprint density at radius 2 is 1.79 bits per heavy atom. The Kier molecular flexibility index (Phi) is 4.74. The van der Waals surface area contributed by atoms with Crippen LogP contribution in [0.5, 0.6) is 0 Å². The lowest BCUT2D eigenvalue weighted by Crippen LogP contribution is -2.44. The first-order chi connectivity index (χ1) is 8.75. The molecule has 0 bridgehead atoms. The van der Waals surface area contributed by atoms with E-state index in [1.54, 1.807) is 29.6 Å². The second-order valence-corrected chi connectivity index (χ2v) is 4.17. The minimum Gasteiger partial charge on any atom is -0.378 e. The summed E-state index contributed by atoms with van der Waals surface area (Å²) in [5.74, 6) is -6.64. The van der Waals surface area contributed by atoms with Crippen molar-refractivity contribution in [1.82, 2.24) is 5.32 Å². The van der Waals surface area contributed by atoms with E-state index in [2.05, 4.69) is 0 Å². The molecule has 0 heterocycles. The number of hydrogen-bond acceptors (Lipinski definition) is 2. The van der Waals surface area contributed by atoms with Crippen LogP contribution in [0.15, 0.2) is 24.3 Å². The van der Waals surface area contributed by atoms with Gasteiger partial charge in [-0.3, -0.25) is 4.79 Å². The van der Waals surface area contributed by atoms with Gasteiger partial charge in [0.1, 0.15) is 0 Å². The number of benzene rings is 1. The van der Waals surface area contributed by atoms with Gasteiger partial charge in [-0.05, 0) is 17.7 Å². The van der Waals surface area contributed by atoms with Gasteiger partial charge in [0.25, 0.3) is 5.91 Å². The minimum atomic E-state index is -4.66. The summed E-state index contributed by atoms with van der Waals surface area (Å²) in [5.41, 5.74) is 1.44. The number of amides is 1. The van der Waals surface area contributed by atoms with Gasteiger partial charge in [0.05, 0.1) is 0 Å². The van der Waals surface area contributed by atoms with Crippen LogP contribution < -0.4 is 10.2 Å². The van der Waals surface area contributed by atoms with Crippen molar-refractivity contribution in [1.29, 1.82) is 0 Å². The summed E-state index contributed by atoms with van der Waals surface area (Å²) in [7, 11) is 3.67. The Labute approximate surface area is 108 Å². The highest BCUT2D eigenvalue weighted by Crippen LogP contribution is 2.23. The van der Waals surface area contributed by atoms with E-state index >= 15 is 0 Å². The van der Waals surface area contributed by atoms with E-state index in [0.717, 1.165) is 5.69 Å². The summed E-state index contributed by atoms with van der Waals surface area (Å²) in [6.45, 7) is -0.227. The maximum Gasteiger partial charge on any atom is 0.383 e. The molecule has 1 aromatic rings. The van der Waals surface area contributed by atoms with Crippen molar-refractivity contribution >= 4 is 11.6 Å². The van der Waals surface area contributed by atoms with Crippen LogP contribution in [0.1, 0.15) is 5.56 Å². The van der Waals surface area contributed by atoms with Crippen molar-refractivity contribution < 1.29 is 22.4 Å². The number of nitrogens with one attached hydrogen (secondary N) is 1. The number of halogens is 4. The van der Waals surface area contributed by atoms with Gasteiger partial charge in [0.15, 0.2) is 0 Å². The van der Waals surface area contributed by atoms with Crippen LogP contribution in [0, 0.1) is 0 Å². The van der Waals surface area contributed by atoms with E-state index in [-0.39, 0.29) is 6.54 Å². The van der Waals surface area contributed by atoms with E-state index in [1.165, 1.54) is 0 Å². The molecule has 0 aliphatic rings. The molecule has 0 atom stereocenters. The predicted octanol–water partition coefficient (Wildman–Crippen LogP) is 2.27. The zero-order valence-electron chi connectivity index (χ0n) is 10.5. The first kappa shape index (κ1) is 15.3. The van der Waals surface area contributed by atoms with Gasteiger partial charge in [-0.2, -0.15) is 8.78 Å². The molecule has 0 saturated heterocycles.